The summed E-state index contributed by atoms with van der Waals surface area (Å²) in [6, 6.07) is -0.408. The maximum Gasteiger partial charge on any atom is 0.242 e. The van der Waals surface area contributed by atoms with Gasteiger partial charge in [-0.2, -0.15) is 0 Å². The minimum atomic E-state index is -3.27. The maximum atomic E-state index is 11.7. The molecule has 1 aromatic heterocycles. The molecule has 1 atom stereocenters. The highest BCUT2D eigenvalue weighted by atomic mass is 32.2. The second-order valence-corrected chi connectivity index (χ2v) is 6.38. The van der Waals surface area contributed by atoms with Crippen molar-refractivity contribution in [2.45, 2.75) is 13.0 Å². The Bertz CT molecular complexity index is 481. The highest BCUT2D eigenvalue weighted by molar-refractivity contribution is 7.89. The van der Waals surface area contributed by atoms with Crippen LogP contribution >= 0.6 is 0 Å². The van der Waals surface area contributed by atoms with Crippen LogP contribution in [0.3, 0.4) is 0 Å². The number of sulfonamides is 1. The Morgan fingerprint density at radius 3 is 2.67 bits per heavy atom. The van der Waals surface area contributed by atoms with Gasteiger partial charge in [-0.15, -0.1) is 0 Å². The molecule has 1 aromatic rings. The summed E-state index contributed by atoms with van der Waals surface area (Å²) in [7, 11) is -0.347. The molecule has 0 aliphatic heterocycles. The number of nitrogens with one attached hydrogen (secondary N) is 1. The Balaban J connectivity index is 2.43. The van der Waals surface area contributed by atoms with Gasteiger partial charge in [-0.3, -0.25) is 4.79 Å². The van der Waals surface area contributed by atoms with E-state index >= 15 is 0 Å². The molecule has 0 radical (unpaired) electrons. The summed E-state index contributed by atoms with van der Waals surface area (Å²) in [5.41, 5.74) is 0. The van der Waals surface area contributed by atoms with E-state index < -0.39 is 16.1 Å². The van der Waals surface area contributed by atoms with E-state index in [1.54, 1.807) is 30.2 Å². The van der Waals surface area contributed by atoms with Gasteiger partial charge in [0.05, 0.1) is 12.1 Å². The number of amides is 1. The van der Waals surface area contributed by atoms with Gasteiger partial charge in [0.2, 0.25) is 15.9 Å². The van der Waals surface area contributed by atoms with Gasteiger partial charge < -0.3 is 9.88 Å². The van der Waals surface area contributed by atoms with E-state index in [1.807, 2.05) is 0 Å². The molecule has 1 heterocycles. The molecule has 0 spiro atoms. The average Bonchev–Trinajstić information content (AvgIpc) is 2.80. The standard InChI is InChI=1S/C10H18N4O3S/c1-9(14-6-4-11-8-14)10(15)12-5-7-18(16,17)13(2)3/h4,6,8-9H,5,7H2,1-3H3,(H,12,15). The fraction of sp³-hybridized carbons (Fsp3) is 0.600. The molecule has 1 rings (SSSR count). The molecule has 0 aliphatic carbocycles. The predicted molar refractivity (Wildman–Crippen MR) is 67.4 cm³/mol. The molecule has 0 aromatic carbocycles. The van der Waals surface area contributed by atoms with Crippen molar-refractivity contribution < 1.29 is 13.2 Å². The van der Waals surface area contributed by atoms with Crippen LogP contribution in [-0.4, -0.2) is 54.6 Å². The lowest BCUT2D eigenvalue weighted by atomic mass is 10.3. The van der Waals surface area contributed by atoms with Crippen LogP contribution in [0.1, 0.15) is 13.0 Å². The number of imidazole rings is 1. The van der Waals surface area contributed by atoms with Crippen LogP contribution in [0, 0.1) is 0 Å². The largest absolute Gasteiger partial charge is 0.353 e. The van der Waals surface area contributed by atoms with Crippen LogP contribution in [0.4, 0.5) is 0 Å². The molecular formula is C10H18N4O3S. The molecule has 0 aliphatic rings. The first-order valence-electron chi connectivity index (χ1n) is 5.50. The first kappa shape index (κ1) is 14.7. The van der Waals surface area contributed by atoms with Gasteiger partial charge in [0.1, 0.15) is 6.04 Å². The number of carbonyl (C=O) groups is 1. The zero-order valence-electron chi connectivity index (χ0n) is 10.7. The third-order valence-corrected chi connectivity index (χ3v) is 4.40. The minimum absolute atomic E-state index is 0.0956. The van der Waals surface area contributed by atoms with Crippen molar-refractivity contribution in [1.82, 2.24) is 19.2 Å². The van der Waals surface area contributed by atoms with Gasteiger partial charge in [0.15, 0.2) is 0 Å². The average molecular weight is 274 g/mol. The maximum absolute atomic E-state index is 11.7. The van der Waals surface area contributed by atoms with Crippen molar-refractivity contribution in [3.63, 3.8) is 0 Å². The molecular weight excluding hydrogens is 256 g/mol. The third kappa shape index (κ3) is 3.81. The first-order chi connectivity index (χ1) is 8.34. The smallest absolute Gasteiger partial charge is 0.242 e. The fourth-order valence-electron chi connectivity index (χ4n) is 1.27. The van der Waals surface area contributed by atoms with Crippen molar-refractivity contribution >= 4 is 15.9 Å². The van der Waals surface area contributed by atoms with Crippen LogP contribution in [-0.2, 0) is 14.8 Å². The van der Waals surface area contributed by atoms with Gasteiger partial charge in [0.25, 0.3) is 0 Å². The number of hydrogen-bond donors (Lipinski definition) is 1. The van der Waals surface area contributed by atoms with Gasteiger partial charge in [-0.05, 0) is 6.92 Å². The molecule has 0 saturated carbocycles. The van der Waals surface area contributed by atoms with Gasteiger partial charge in [-0.1, -0.05) is 0 Å². The number of aromatic nitrogens is 2. The molecule has 7 nitrogen and oxygen atoms in total. The molecule has 0 fully saturated rings. The molecule has 8 heteroatoms. The summed E-state index contributed by atoms with van der Waals surface area (Å²) < 4.78 is 25.7. The Labute approximate surface area is 107 Å². The van der Waals surface area contributed by atoms with Crippen molar-refractivity contribution in [3.8, 4) is 0 Å². The SMILES string of the molecule is CC(C(=O)NCCS(=O)(=O)N(C)C)n1ccnc1. The molecule has 1 amide bonds. The van der Waals surface area contributed by atoms with E-state index in [4.69, 9.17) is 0 Å². The molecule has 1 N–H and O–H groups in total. The Morgan fingerprint density at radius 2 is 2.17 bits per heavy atom. The lowest BCUT2D eigenvalue weighted by molar-refractivity contribution is -0.123. The van der Waals surface area contributed by atoms with Gasteiger partial charge >= 0.3 is 0 Å². The van der Waals surface area contributed by atoms with Crippen molar-refractivity contribution in [2.24, 2.45) is 0 Å². The van der Waals surface area contributed by atoms with E-state index in [-0.39, 0.29) is 18.2 Å². The normalized spacial score (nSPS) is 13.6. The summed E-state index contributed by atoms with van der Waals surface area (Å²) >= 11 is 0. The van der Waals surface area contributed by atoms with E-state index in [1.165, 1.54) is 14.1 Å². The van der Waals surface area contributed by atoms with E-state index in [0.717, 1.165) is 4.31 Å². The number of rotatable bonds is 6. The number of carbonyl (C=O) groups excluding carboxylic acids is 1. The zero-order chi connectivity index (χ0) is 13.8. The Kier molecular flexibility index (Phi) is 4.85. The van der Waals surface area contributed by atoms with E-state index in [9.17, 15) is 13.2 Å². The minimum Gasteiger partial charge on any atom is -0.353 e. The van der Waals surface area contributed by atoms with Crippen molar-refractivity contribution in [3.05, 3.63) is 18.7 Å². The second-order valence-electron chi connectivity index (χ2n) is 4.08. The monoisotopic (exact) mass is 274 g/mol. The highest BCUT2D eigenvalue weighted by Crippen LogP contribution is 2.03. The van der Waals surface area contributed by atoms with Crippen LogP contribution in [0.15, 0.2) is 18.7 Å². The molecule has 18 heavy (non-hydrogen) atoms. The molecule has 1 unspecified atom stereocenters. The predicted octanol–water partition coefficient (Wildman–Crippen LogP) is -0.548. The number of hydrogen-bond acceptors (Lipinski definition) is 4. The van der Waals surface area contributed by atoms with Crippen LogP contribution in [0.2, 0.25) is 0 Å². The quantitative estimate of drug-likeness (QED) is 0.754. The molecule has 0 bridgehead atoms. The fourth-order valence-corrected chi connectivity index (χ4v) is 1.99. The van der Waals surface area contributed by atoms with E-state index in [2.05, 4.69) is 10.3 Å². The molecule has 102 valence electrons. The summed E-state index contributed by atoms with van der Waals surface area (Å²) in [6.45, 7) is 1.82. The van der Waals surface area contributed by atoms with Crippen LogP contribution in [0.5, 0.6) is 0 Å². The number of nitrogens with zero attached hydrogens (tertiary/aromatic N) is 3. The van der Waals surface area contributed by atoms with Crippen molar-refractivity contribution in [1.29, 1.82) is 0 Å². The molecule has 0 saturated heterocycles. The van der Waals surface area contributed by atoms with Crippen molar-refractivity contribution in [2.75, 3.05) is 26.4 Å². The topological polar surface area (TPSA) is 84.3 Å². The summed E-state index contributed by atoms with van der Waals surface area (Å²) in [5.74, 6) is -0.343. The van der Waals surface area contributed by atoms with E-state index in [0.29, 0.717) is 0 Å². The second kappa shape index (κ2) is 5.96. The van der Waals surface area contributed by atoms with Crippen LogP contribution < -0.4 is 5.32 Å². The third-order valence-electron chi connectivity index (χ3n) is 2.57. The first-order valence-corrected chi connectivity index (χ1v) is 7.11. The summed E-state index contributed by atoms with van der Waals surface area (Å²) in [6.07, 6.45) is 4.81. The summed E-state index contributed by atoms with van der Waals surface area (Å²) in [4.78, 5) is 15.6. The zero-order valence-corrected chi connectivity index (χ0v) is 11.5. The lowest BCUT2D eigenvalue weighted by Crippen LogP contribution is -2.36. The van der Waals surface area contributed by atoms with Gasteiger partial charge in [0, 0.05) is 33.0 Å². The van der Waals surface area contributed by atoms with Gasteiger partial charge in [-0.25, -0.2) is 17.7 Å². The highest BCUT2D eigenvalue weighted by Gasteiger charge is 2.16. The summed E-state index contributed by atoms with van der Waals surface area (Å²) in [5, 5.41) is 2.59. The Morgan fingerprint density at radius 1 is 1.50 bits per heavy atom. The Hall–Kier alpha value is -1.41. The van der Waals surface area contributed by atoms with Crippen LogP contribution in [0.25, 0.3) is 0 Å². The lowest BCUT2D eigenvalue weighted by Gasteiger charge is -2.14.